The molecule has 2 aliphatic heterocycles. The first-order valence-electron chi connectivity index (χ1n) is 8.67. The van der Waals surface area contributed by atoms with Gasteiger partial charge in [0, 0.05) is 12.7 Å². The molecular formula is C14H13F5N4O8S2. The van der Waals surface area contributed by atoms with Crippen LogP contribution in [-0.4, -0.2) is 78.0 Å². The number of sulfonamides is 1. The van der Waals surface area contributed by atoms with Gasteiger partial charge in [-0.05, 0) is 25.0 Å². The van der Waals surface area contributed by atoms with Crippen LogP contribution in [0.5, 0.6) is 0 Å². The lowest BCUT2D eigenvalue weighted by atomic mass is 10.1. The molecular weight excluding hydrogens is 511 g/mol. The minimum absolute atomic E-state index is 0.0721. The summed E-state index contributed by atoms with van der Waals surface area (Å²) in [7, 11) is -9.99. The number of aromatic nitrogens is 1. The summed E-state index contributed by atoms with van der Waals surface area (Å²) >= 11 is 0. The summed E-state index contributed by atoms with van der Waals surface area (Å²) in [6.45, 7) is -0.298. The largest absolute Gasteiger partial charge is 0.459 e. The number of carbonyl (C=O) groups is 2. The van der Waals surface area contributed by atoms with Crippen LogP contribution >= 0.6 is 0 Å². The van der Waals surface area contributed by atoms with Crippen LogP contribution in [-0.2, 0) is 35.4 Å². The smallest absolute Gasteiger partial charge is 0.299 e. The van der Waals surface area contributed by atoms with Gasteiger partial charge in [-0.3, -0.25) is 19.2 Å². The highest BCUT2D eigenvalue weighted by molar-refractivity contribution is 7.89. The molecule has 1 N–H and O–H groups in total. The summed E-state index contributed by atoms with van der Waals surface area (Å²) in [5, 5.41) is 0.292. The van der Waals surface area contributed by atoms with Crippen molar-refractivity contribution in [2.45, 2.75) is 42.0 Å². The molecule has 3 rings (SSSR count). The predicted molar refractivity (Wildman–Crippen MR) is 92.7 cm³/mol. The number of pyridine rings is 1. The van der Waals surface area contributed by atoms with E-state index < -0.39 is 61.3 Å². The minimum atomic E-state index is -5.99. The molecule has 0 aliphatic carbocycles. The average Bonchev–Trinajstić information content (AvgIpc) is 2.93. The van der Waals surface area contributed by atoms with Crippen molar-refractivity contribution >= 4 is 32.9 Å². The number of urea groups is 1. The third kappa shape index (κ3) is 4.44. The molecule has 19 heteroatoms. The number of hydrogen-bond donors (Lipinski definition) is 1. The van der Waals surface area contributed by atoms with E-state index in [-0.39, 0.29) is 42.4 Å². The van der Waals surface area contributed by atoms with Crippen molar-refractivity contribution in [3.05, 3.63) is 24.0 Å². The SMILES string of the molecule is O=CN([C@H]1CC[C@@H]2CN1C(=O)N2OS(=O)(=O)O)S(=O)(=O)c1ccc(C(F)(F)C(F)(F)F)nc1. The number of fused-ring (bicyclic) bond motifs is 2. The number of rotatable bonds is 7. The standard InChI is InChI=1S/C14H13F5N4O8S2/c15-13(16,14(17,18)19)10-3-2-9(5-20-10)32(26,27)22(7-24)11-4-1-8-6-21(11)12(25)23(8)31-33(28,29)30/h2-3,5,7-8,11H,1,4,6H2,(H,28,29,30)/t8-,11+/m1/s1. The Balaban J connectivity index is 1.89. The fourth-order valence-corrected chi connectivity index (χ4v) is 5.06. The van der Waals surface area contributed by atoms with E-state index in [1.54, 1.807) is 0 Å². The lowest BCUT2D eigenvalue weighted by molar-refractivity contribution is -0.291. The van der Waals surface area contributed by atoms with Crippen molar-refractivity contribution in [1.29, 1.82) is 0 Å². The maximum atomic E-state index is 13.4. The maximum Gasteiger partial charge on any atom is 0.459 e. The molecule has 3 amide bonds. The molecule has 1 aromatic heterocycles. The number of nitrogens with zero attached hydrogens (tertiary/aromatic N) is 4. The van der Waals surface area contributed by atoms with Crippen molar-refractivity contribution < 1.29 is 57.2 Å². The average molecular weight is 524 g/mol. The summed E-state index contributed by atoms with van der Waals surface area (Å²) in [5.41, 5.74) is -1.78. The van der Waals surface area contributed by atoms with Crippen molar-refractivity contribution in [3.8, 4) is 0 Å². The second-order valence-electron chi connectivity index (χ2n) is 6.87. The predicted octanol–water partition coefficient (Wildman–Crippen LogP) is 0.843. The van der Waals surface area contributed by atoms with Gasteiger partial charge in [0.1, 0.15) is 16.8 Å². The lowest BCUT2D eigenvalue weighted by Crippen LogP contribution is -2.52. The van der Waals surface area contributed by atoms with E-state index in [0.717, 1.165) is 4.90 Å². The van der Waals surface area contributed by atoms with Gasteiger partial charge in [-0.25, -0.2) is 17.5 Å². The normalized spacial score (nSPS) is 21.9. The van der Waals surface area contributed by atoms with Gasteiger partial charge in [0.2, 0.25) is 6.41 Å². The Bertz CT molecular complexity index is 1160. The molecule has 0 aromatic carbocycles. The quantitative estimate of drug-likeness (QED) is 0.310. The summed E-state index contributed by atoms with van der Waals surface area (Å²) in [6, 6.07) is -1.58. The number of piperidine rings is 1. The molecule has 2 saturated heterocycles. The van der Waals surface area contributed by atoms with Crippen molar-refractivity contribution in [2.75, 3.05) is 6.54 Å². The van der Waals surface area contributed by atoms with Crippen LogP contribution in [0.2, 0.25) is 0 Å². The highest BCUT2D eigenvalue weighted by atomic mass is 32.3. The van der Waals surface area contributed by atoms with Crippen LogP contribution in [0, 0.1) is 0 Å². The van der Waals surface area contributed by atoms with Gasteiger partial charge in [0.25, 0.3) is 10.0 Å². The Kier molecular flexibility index (Phi) is 6.05. The molecule has 0 radical (unpaired) electrons. The van der Waals surface area contributed by atoms with Gasteiger partial charge >= 0.3 is 28.5 Å². The van der Waals surface area contributed by atoms with E-state index in [9.17, 15) is 48.4 Å². The monoisotopic (exact) mass is 524 g/mol. The minimum Gasteiger partial charge on any atom is -0.299 e. The van der Waals surface area contributed by atoms with Gasteiger partial charge in [-0.15, -0.1) is 4.28 Å². The van der Waals surface area contributed by atoms with Crippen LogP contribution in [0.25, 0.3) is 0 Å². The topological polar surface area (TPSA) is 154 Å². The van der Waals surface area contributed by atoms with Gasteiger partial charge in [0.15, 0.2) is 0 Å². The highest BCUT2D eigenvalue weighted by Gasteiger charge is 2.60. The van der Waals surface area contributed by atoms with Crippen molar-refractivity contribution in [3.63, 3.8) is 0 Å². The third-order valence-electron chi connectivity index (χ3n) is 4.85. The summed E-state index contributed by atoms with van der Waals surface area (Å²) in [5.74, 6) is -5.36. The zero-order chi connectivity index (χ0) is 25.0. The van der Waals surface area contributed by atoms with E-state index in [1.165, 1.54) is 0 Å². The number of hydrogen-bond acceptors (Lipinski definition) is 8. The van der Waals surface area contributed by atoms with Crippen LogP contribution in [0.4, 0.5) is 26.7 Å². The molecule has 2 bridgehead atoms. The molecule has 1 aromatic rings. The number of alkyl halides is 5. The maximum absolute atomic E-state index is 13.4. The molecule has 2 atom stereocenters. The first-order valence-corrected chi connectivity index (χ1v) is 11.5. The Hall–Kier alpha value is -2.64. The molecule has 0 saturated carbocycles. The molecule has 33 heavy (non-hydrogen) atoms. The van der Waals surface area contributed by atoms with E-state index in [2.05, 4.69) is 9.27 Å². The number of hydroxylamine groups is 2. The van der Waals surface area contributed by atoms with Crippen LogP contribution < -0.4 is 0 Å². The van der Waals surface area contributed by atoms with Crippen molar-refractivity contribution in [2.24, 2.45) is 0 Å². The summed E-state index contributed by atoms with van der Waals surface area (Å²) in [4.78, 5) is 26.7. The fraction of sp³-hybridized carbons (Fsp3) is 0.500. The van der Waals surface area contributed by atoms with Crippen LogP contribution in [0.3, 0.4) is 0 Å². The van der Waals surface area contributed by atoms with Crippen LogP contribution in [0.15, 0.2) is 23.2 Å². The van der Waals surface area contributed by atoms with E-state index in [0.29, 0.717) is 11.1 Å². The Morgan fingerprint density at radius 3 is 2.27 bits per heavy atom. The zero-order valence-electron chi connectivity index (χ0n) is 15.9. The van der Waals surface area contributed by atoms with E-state index in [1.807, 2.05) is 0 Å². The summed E-state index contributed by atoms with van der Waals surface area (Å²) < 4.78 is 125. The molecule has 12 nitrogen and oxygen atoms in total. The molecule has 2 aliphatic rings. The number of amides is 3. The second-order valence-corrected chi connectivity index (χ2v) is 9.71. The molecule has 0 spiro atoms. The second kappa shape index (κ2) is 7.99. The lowest BCUT2D eigenvalue weighted by Gasteiger charge is -2.36. The van der Waals surface area contributed by atoms with Gasteiger partial charge < -0.3 is 0 Å². The third-order valence-corrected chi connectivity index (χ3v) is 6.92. The fourth-order valence-electron chi connectivity index (χ4n) is 3.35. The Labute approximate surface area is 182 Å². The highest BCUT2D eigenvalue weighted by Crippen LogP contribution is 2.43. The number of halogens is 5. The first-order chi connectivity index (χ1) is 15.0. The van der Waals surface area contributed by atoms with Gasteiger partial charge in [-0.2, -0.15) is 35.4 Å². The summed E-state index contributed by atoms with van der Waals surface area (Å²) in [6.07, 6.45) is -7.79. The molecule has 2 fully saturated rings. The molecule has 3 heterocycles. The number of carbonyl (C=O) groups excluding carboxylic acids is 2. The van der Waals surface area contributed by atoms with Crippen LogP contribution in [0.1, 0.15) is 18.5 Å². The van der Waals surface area contributed by atoms with Gasteiger partial charge in [0.05, 0.1) is 6.04 Å². The zero-order valence-corrected chi connectivity index (χ0v) is 17.5. The molecule has 184 valence electrons. The van der Waals surface area contributed by atoms with E-state index in [4.69, 9.17) is 4.55 Å². The van der Waals surface area contributed by atoms with Gasteiger partial charge in [-0.1, -0.05) is 0 Å². The Morgan fingerprint density at radius 1 is 1.15 bits per heavy atom. The molecule has 0 unspecified atom stereocenters. The van der Waals surface area contributed by atoms with Crippen molar-refractivity contribution in [1.82, 2.24) is 19.3 Å². The Morgan fingerprint density at radius 2 is 1.79 bits per heavy atom. The first kappa shape index (κ1) is 25.0. The van der Waals surface area contributed by atoms with E-state index >= 15 is 0 Å².